The first-order valence-corrected chi connectivity index (χ1v) is 5.69. The average molecular weight is 246 g/mol. The van der Waals surface area contributed by atoms with Gasteiger partial charge < -0.3 is 5.11 Å². The molecule has 0 aromatic heterocycles. The van der Waals surface area contributed by atoms with Gasteiger partial charge in [0.15, 0.2) is 0 Å². The molecule has 0 radical (unpaired) electrons. The molecule has 0 aliphatic carbocycles. The van der Waals surface area contributed by atoms with Gasteiger partial charge in [0.2, 0.25) is 0 Å². The molecule has 1 nitrogen and oxygen atoms in total. The molecule has 96 valence electrons. The predicted molar refractivity (Wildman–Crippen MR) is 60.6 cm³/mol. The molecule has 1 N–H and O–H groups in total. The Hall–Kier alpha value is -1.03. The largest absolute Gasteiger partial charge is 0.416 e. The van der Waals surface area contributed by atoms with Crippen molar-refractivity contribution in [2.45, 2.75) is 39.0 Å². The summed E-state index contributed by atoms with van der Waals surface area (Å²) in [6.45, 7) is 3.58. The third-order valence-corrected chi connectivity index (χ3v) is 2.94. The minimum absolute atomic E-state index is 0.177. The van der Waals surface area contributed by atoms with E-state index < -0.39 is 17.8 Å². The van der Waals surface area contributed by atoms with Crippen LogP contribution in [-0.4, -0.2) is 11.2 Å². The van der Waals surface area contributed by atoms with E-state index in [1.807, 2.05) is 6.92 Å². The normalized spacial score (nSPS) is 15.6. The summed E-state index contributed by atoms with van der Waals surface area (Å²) in [5.74, 6) is -0.177. The van der Waals surface area contributed by atoms with E-state index in [0.29, 0.717) is 6.42 Å². The molecule has 0 aliphatic heterocycles. The molecule has 0 aliphatic rings. The van der Waals surface area contributed by atoms with Gasteiger partial charge in [-0.3, -0.25) is 0 Å². The number of aliphatic hydroxyl groups excluding tert-OH is 1. The van der Waals surface area contributed by atoms with Crippen molar-refractivity contribution < 1.29 is 18.3 Å². The van der Waals surface area contributed by atoms with Gasteiger partial charge in [-0.25, -0.2) is 0 Å². The molecule has 17 heavy (non-hydrogen) atoms. The highest BCUT2D eigenvalue weighted by atomic mass is 19.4. The first-order chi connectivity index (χ1) is 7.86. The topological polar surface area (TPSA) is 20.2 Å². The first kappa shape index (κ1) is 14.0. The van der Waals surface area contributed by atoms with Crippen LogP contribution in [0.2, 0.25) is 0 Å². The lowest BCUT2D eigenvalue weighted by Gasteiger charge is -2.19. The molecule has 0 saturated heterocycles. The van der Waals surface area contributed by atoms with Crippen molar-refractivity contribution in [3.05, 3.63) is 35.4 Å². The van der Waals surface area contributed by atoms with Crippen LogP contribution in [0.1, 0.15) is 31.4 Å². The van der Waals surface area contributed by atoms with Gasteiger partial charge >= 0.3 is 6.18 Å². The van der Waals surface area contributed by atoms with Crippen LogP contribution in [0.4, 0.5) is 13.2 Å². The summed E-state index contributed by atoms with van der Waals surface area (Å²) in [4.78, 5) is 0. The Morgan fingerprint density at radius 3 is 2.35 bits per heavy atom. The third kappa shape index (κ3) is 3.73. The van der Waals surface area contributed by atoms with Gasteiger partial charge in [-0.15, -0.1) is 0 Å². The van der Waals surface area contributed by atoms with Crippen LogP contribution in [0.5, 0.6) is 0 Å². The van der Waals surface area contributed by atoms with Crippen LogP contribution in [0.3, 0.4) is 0 Å². The van der Waals surface area contributed by atoms with Crippen molar-refractivity contribution in [1.29, 1.82) is 0 Å². The molecule has 1 aromatic carbocycles. The number of halogens is 3. The SMILES string of the molecule is CCC(O)C(C)Cc1ccccc1C(F)(F)F. The lowest BCUT2D eigenvalue weighted by atomic mass is 9.92. The number of alkyl halides is 3. The summed E-state index contributed by atoms with van der Waals surface area (Å²) in [7, 11) is 0. The van der Waals surface area contributed by atoms with E-state index in [0.717, 1.165) is 6.07 Å². The minimum atomic E-state index is -4.33. The summed E-state index contributed by atoms with van der Waals surface area (Å²) >= 11 is 0. The zero-order valence-corrected chi connectivity index (χ0v) is 9.96. The number of hydrogen-bond donors (Lipinski definition) is 1. The third-order valence-electron chi connectivity index (χ3n) is 2.94. The lowest BCUT2D eigenvalue weighted by molar-refractivity contribution is -0.138. The summed E-state index contributed by atoms with van der Waals surface area (Å²) in [6, 6.07) is 5.53. The van der Waals surface area contributed by atoms with Gasteiger partial charge in [-0.2, -0.15) is 13.2 Å². The van der Waals surface area contributed by atoms with Gasteiger partial charge in [0, 0.05) is 0 Å². The molecule has 0 saturated carbocycles. The summed E-state index contributed by atoms with van der Waals surface area (Å²) < 4.78 is 38.2. The van der Waals surface area contributed by atoms with Gasteiger partial charge in [-0.05, 0) is 30.4 Å². The molecule has 0 bridgehead atoms. The molecular formula is C13H17F3O. The molecule has 0 amide bonds. The molecule has 0 spiro atoms. The van der Waals surface area contributed by atoms with Crippen molar-refractivity contribution in [2.24, 2.45) is 5.92 Å². The second-order valence-electron chi connectivity index (χ2n) is 4.31. The van der Waals surface area contributed by atoms with E-state index in [4.69, 9.17) is 0 Å². The van der Waals surface area contributed by atoms with Crippen molar-refractivity contribution >= 4 is 0 Å². The van der Waals surface area contributed by atoms with E-state index in [2.05, 4.69) is 0 Å². The maximum absolute atomic E-state index is 12.7. The molecule has 4 heteroatoms. The highest BCUT2D eigenvalue weighted by Crippen LogP contribution is 2.33. The van der Waals surface area contributed by atoms with Gasteiger partial charge in [0.25, 0.3) is 0 Å². The van der Waals surface area contributed by atoms with Crippen LogP contribution in [0, 0.1) is 5.92 Å². The summed E-state index contributed by atoms with van der Waals surface area (Å²) in [5, 5.41) is 9.60. The smallest absolute Gasteiger partial charge is 0.393 e. The van der Waals surface area contributed by atoms with Crippen LogP contribution in [-0.2, 0) is 12.6 Å². The summed E-state index contributed by atoms with van der Waals surface area (Å²) in [5.41, 5.74) is -0.352. The van der Waals surface area contributed by atoms with E-state index >= 15 is 0 Å². The van der Waals surface area contributed by atoms with Crippen molar-refractivity contribution in [3.8, 4) is 0 Å². The van der Waals surface area contributed by atoms with Crippen molar-refractivity contribution in [2.75, 3.05) is 0 Å². The second-order valence-corrected chi connectivity index (χ2v) is 4.31. The Labute approximate surface area is 99.3 Å². The van der Waals surface area contributed by atoms with E-state index in [1.165, 1.54) is 12.1 Å². The highest BCUT2D eigenvalue weighted by molar-refractivity contribution is 5.30. The van der Waals surface area contributed by atoms with Gasteiger partial charge in [0.1, 0.15) is 0 Å². The number of hydrogen-bond acceptors (Lipinski definition) is 1. The number of benzene rings is 1. The molecular weight excluding hydrogens is 229 g/mol. The van der Waals surface area contributed by atoms with Crippen molar-refractivity contribution in [1.82, 2.24) is 0 Å². The standard InChI is InChI=1S/C13H17F3O/c1-3-12(17)9(2)8-10-6-4-5-7-11(10)13(14,15)16/h4-7,9,12,17H,3,8H2,1-2H3. The Morgan fingerprint density at radius 2 is 1.82 bits per heavy atom. The van der Waals surface area contributed by atoms with E-state index in [1.54, 1.807) is 13.0 Å². The maximum atomic E-state index is 12.7. The molecule has 1 rings (SSSR count). The summed E-state index contributed by atoms with van der Waals surface area (Å²) in [6.07, 6.45) is -4.09. The van der Waals surface area contributed by atoms with E-state index in [-0.39, 0.29) is 17.9 Å². The Balaban J connectivity index is 2.91. The van der Waals surface area contributed by atoms with Crippen LogP contribution >= 0.6 is 0 Å². The average Bonchev–Trinajstić information content (AvgIpc) is 2.27. The molecule has 0 fully saturated rings. The second kappa shape index (κ2) is 5.54. The number of rotatable bonds is 4. The zero-order valence-electron chi connectivity index (χ0n) is 9.96. The quantitative estimate of drug-likeness (QED) is 0.859. The van der Waals surface area contributed by atoms with Gasteiger partial charge in [0.05, 0.1) is 11.7 Å². The fourth-order valence-corrected chi connectivity index (χ4v) is 1.86. The minimum Gasteiger partial charge on any atom is -0.393 e. The Kier molecular flexibility index (Phi) is 4.57. The fraction of sp³-hybridized carbons (Fsp3) is 0.538. The predicted octanol–water partition coefficient (Wildman–Crippen LogP) is 3.65. The van der Waals surface area contributed by atoms with Crippen molar-refractivity contribution in [3.63, 3.8) is 0 Å². The van der Waals surface area contributed by atoms with E-state index in [9.17, 15) is 18.3 Å². The Bertz CT molecular complexity index is 360. The lowest BCUT2D eigenvalue weighted by Crippen LogP contribution is -2.20. The molecule has 1 aromatic rings. The van der Waals surface area contributed by atoms with Gasteiger partial charge in [-0.1, -0.05) is 32.0 Å². The first-order valence-electron chi connectivity index (χ1n) is 5.69. The molecule has 0 heterocycles. The van der Waals surface area contributed by atoms with Crippen LogP contribution in [0.25, 0.3) is 0 Å². The molecule has 2 unspecified atom stereocenters. The molecule has 2 atom stereocenters. The monoisotopic (exact) mass is 246 g/mol. The van der Waals surface area contributed by atoms with Crippen LogP contribution < -0.4 is 0 Å². The maximum Gasteiger partial charge on any atom is 0.416 e. The zero-order chi connectivity index (χ0) is 13.1. The fourth-order valence-electron chi connectivity index (χ4n) is 1.86. The Morgan fingerprint density at radius 1 is 1.24 bits per heavy atom. The van der Waals surface area contributed by atoms with Crippen LogP contribution in [0.15, 0.2) is 24.3 Å². The number of aliphatic hydroxyl groups is 1. The highest BCUT2D eigenvalue weighted by Gasteiger charge is 2.33.